The normalized spacial score (nSPS) is 20.2. The van der Waals surface area contributed by atoms with Crippen LogP contribution in [0.2, 0.25) is 0 Å². The minimum Gasteiger partial charge on any atom is -0.468 e. The van der Waals surface area contributed by atoms with Gasteiger partial charge in [0.05, 0.1) is 13.7 Å². The van der Waals surface area contributed by atoms with E-state index < -0.39 is 43.3 Å². The quantitative estimate of drug-likeness (QED) is 0.277. The number of methoxy groups -OCH3 is 1. The number of carbonyl (C=O) groups excluding carboxylic acids is 1. The number of nitrogens with one attached hydrogen (secondary N) is 2. The maximum absolute atomic E-state index is 13.4. The van der Waals surface area contributed by atoms with E-state index >= 15 is 0 Å². The van der Waals surface area contributed by atoms with Gasteiger partial charge < -0.3 is 14.0 Å². The molecule has 0 saturated heterocycles. The molecule has 0 aliphatic carbocycles. The van der Waals surface area contributed by atoms with E-state index in [0.29, 0.717) is 5.56 Å². The molecule has 1 aromatic carbocycles. The number of esters is 1. The molecule has 178 valence electrons. The third-order valence-electron chi connectivity index (χ3n) is 4.58. The highest BCUT2D eigenvalue weighted by atomic mass is 79.9. The standard InChI is InChI=1S/C20H23BrN3O8P/c1-12-10-24(20(27)22-18(12)25)17-9-8-16(31-17)11-30-33(28,23-13(2)19(26)29-3)32-15-6-4-14(21)5-7-15/h4-10,13,16-17H,11H2,1-3H3,(H,23,28)(H,22,25,27)/t13?,16-,17+,33?/m0/s1. The Labute approximate surface area is 197 Å². The van der Waals surface area contributed by atoms with Crippen LogP contribution in [0.15, 0.2) is 56.7 Å². The summed E-state index contributed by atoms with van der Waals surface area (Å²) < 4.78 is 36.9. The van der Waals surface area contributed by atoms with Gasteiger partial charge in [0.15, 0.2) is 6.23 Å². The van der Waals surface area contributed by atoms with Crippen molar-refractivity contribution >= 4 is 29.6 Å². The molecule has 2 heterocycles. The Balaban J connectivity index is 1.71. The average molecular weight is 544 g/mol. The van der Waals surface area contributed by atoms with Crippen molar-refractivity contribution in [1.29, 1.82) is 0 Å². The number of halogens is 1. The van der Waals surface area contributed by atoms with Crippen LogP contribution in [0.25, 0.3) is 0 Å². The molecular weight excluding hydrogens is 521 g/mol. The van der Waals surface area contributed by atoms with Crippen molar-refractivity contribution in [2.45, 2.75) is 32.2 Å². The second-order valence-corrected chi connectivity index (χ2v) is 9.75. The second kappa shape index (κ2) is 10.6. The first-order valence-corrected chi connectivity index (χ1v) is 12.1. The highest BCUT2D eigenvalue weighted by molar-refractivity contribution is 9.10. The SMILES string of the molecule is COC(=O)C(C)NP(=O)(OC[C@@H]1C=C[C@H](n2cc(C)c(=O)[nH]c2=O)O1)Oc1ccc(Br)cc1. The van der Waals surface area contributed by atoms with Crippen molar-refractivity contribution in [3.05, 3.63) is 73.5 Å². The number of hydrogen-bond donors (Lipinski definition) is 2. The number of benzene rings is 1. The molecule has 2 N–H and O–H groups in total. The van der Waals surface area contributed by atoms with Crippen LogP contribution < -0.4 is 20.9 Å². The number of H-pyrrole nitrogens is 1. The monoisotopic (exact) mass is 543 g/mol. The lowest BCUT2D eigenvalue weighted by Gasteiger charge is -2.24. The zero-order chi connectivity index (χ0) is 24.2. The number of rotatable bonds is 9. The summed E-state index contributed by atoms with van der Waals surface area (Å²) in [5.74, 6) is -0.398. The largest absolute Gasteiger partial charge is 0.468 e. The predicted octanol–water partition coefficient (Wildman–Crippen LogP) is 2.42. The number of nitrogens with zero attached hydrogens (tertiary/aromatic N) is 1. The summed E-state index contributed by atoms with van der Waals surface area (Å²) in [7, 11) is -2.84. The molecule has 0 fully saturated rings. The number of aromatic nitrogens is 2. The minimum atomic E-state index is -4.04. The Morgan fingerprint density at radius 2 is 2.00 bits per heavy atom. The van der Waals surface area contributed by atoms with E-state index in [2.05, 4.69) is 30.7 Å². The fraction of sp³-hybridized carbons (Fsp3) is 0.350. The zero-order valence-corrected chi connectivity index (χ0v) is 20.5. The number of ether oxygens (including phenoxy) is 2. The van der Waals surface area contributed by atoms with E-state index in [4.69, 9.17) is 13.8 Å². The van der Waals surface area contributed by atoms with E-state index in [9.17, 15) is 18.9 Å². The zero-order valence-electron chi connectivity index (χ0n) is 18.0. The molecule has 0 bridgehead atoms. The van der Waals surface area contributed by atoms with Crippen LogP contribution >= 0.6 is 23.7 Å². The molecule has 33 heavy (non-hydrogen) atoms. The number of aromatic amines is 1. The first-order valence-electron chi connectivity index (χ1n) is 9.81. The lowest BCUT2D eigenvalue weighted by molar-refractivity contribution is -0.142. The van der Waals surface area contributed by atoms with Crippen molar-refractivity contribution in [3.8, 4) is 5.75 Å². The first-order chi connectivity index (χ1) is 15.6. The second-order valence-electron chi connectivity index (χ2n) is 7.14. The summed E-state index contributed by atoms with van der Waals surface area (Å²) in [4.78, 5) is 37.7. The lowest BCUT2D eigenvalue weighted by Crippen LogP contribution is -2.35. The maximum Gasteiger partial charge on any atom is 0.459 e. The van der Waals surface area contributed by atoms with Gasteiger partial charge in [0, 0.05) is 16.2 Å². The number of hydrogen-bond acceptors (Lipinski definition) is 8. The van der Waals surface area contributed by atoms with Crippen LogP contribution in [-0.4, -0.2) is 41.4 Å². The van der Waals surface area contributed by atoms with Gasteiger partial charge in [-0.3, -0.25) is 23.7 Å². The van der Waals surface area contributed by atoms with E-state index in [1.807, 2.05) is 0 Å². The van der Waals surface area contributed by atoms with Crippen molar-refractivity contribution in [2.75, 3.05) is 13.7 Å². The molecule has 11 nitrogen and oxygen atoms in total. The molecule has 1 aliphatic rings. The Morgan fingerprint density at radius 1 is 1.30 bits per heavy atom. The predicted molar refractivity (Wildman–Crippen MR) is 122 cm³/mol. The topological polar surface area (TPSA) is 138 Å². The van der Waals surface area contributed by atoms with Crippen LogP contribution in [-0.2, 0) is 23.4 Å². The highest BCUT2D eigenvalue weighted by Crippen LogP contribution is 2.45. The molecule has 1 aliphatic heterocycles. The fourth-order valence-electron chi connectivity index (χ4n) is 2.88. The van der Waals surface area contributed by atoms with Crippen molar-refractivity contribution < 1.29 is 27.9 Å². The minimum absolute atomic E-state index is 0.210. The average Bonchev–Trinajstić information content (AvgIpc) is 3.25. The smallest absolute Gasteiger partial charge is 0.459 e. The first kappa shape index (κ1) is 25.1. The Morgan fingerprint density at radius 3 is 2.67 bits per heavy atom. The van der Waals surface area contributed by atoms with Gasteiger partial charge in [0.25, 0.3) is 5.56 Å². The molecule has 0 radical (unpaired) electrons. The van der Waals surface area contributed by atoms with Crippen molar-refractivity contribution in [2.24, 2.45) is 0 Å². The summed E-state index contributed by atoms with van der Waals surface area (Å²) in [5, 5.41) is 2.55. The molecule has 2 unspecified atom stereocenters. The Kier molecular flexibility index (Phi) is 8.09. The third-order valence-corrected chi connectivity index (χ3v) is 6.75. The molecule has 0 amide bonds. The highest BCUT2D eigenvalue weighted by Gasteiger charge is 2.34. The maximum atomic E-state index is 13.4. The fourth-order valence-corrected chi connectivity index (χ4v) is 4.65. The van der Waals surface area contributed by atoms with Gasteiger partial charge in [-0.15, -0.1) is 0 Å². The summed E-state index contributed by atoms with van der Waals surface area (Å²) in [5.41, 5.74) is -0.755. The van der Waals surface area contributed by atoms with Crippen LogP contribution in [0.5, 0.6) is 5.75 Å². The summed E-state index contributed by atoms with van der Waals surface area (Å²) in [6, 6.07) is 5.57. The molecule has 2 aromatic rings. The van der Waals surface area contributed by atoms with Gasteiger partial charge in [-0.2, -0.15) is 5.09 Å². The summed E-state index contributed by atoms with van der Waals surface area (Å²) in [6.45, 7) is 2.82. The van der Waals surface area contributed by atoms with Crippen molar-refractivity contribution in [3.63, 3.8) is 0 Å². The molecular formula is C20H23BrN3O8P. The summed E-state index contributed by atoms with van der Waals surface area (Å²) in [6.07, 6.45) is 3.17. The van der Waals surface area contributed by atoms with Crippen LogP contribution in [0.1, 0.15) is 18.7 Å². The van der Waals surface area contributed by atoms with Crippen LogP contribution in [0, 0.1) is 6.92 Å². The molecule has 3 rings (SSSR count). The lowest BCUT2D eigenvalue weighted by atomic mass is 10.3. The number of aryl methyl sites for hydroxylation is 1. The third kappa shape index (κ3) is 6.52. The number of carbonyl (C=O) groups is 1. The summed E-state index contributed by atoms with van der Waals surface area (Å²) >= 11 is 3.31. The Hall–Kier alpha value is -2.50. The molecule has 0 spiro atoms. The van der Waals surface area contributed by atoms with Gasteiger partial charge >= 0.3 is 19.4 Å². The van der Waals surface area contributed by atoms with E-state index in [1.165, 1.54) is 24.8 Å². The molecule has 0 saturated carbocycles. The van der Waals surface area contributed by atoms with E-state index in [-0.39, 0.29) is 12.4 Å². The van der Waals surface area contributed by atoms with Gasteiger partial charge in [0.1, 0.15) is 17.9 Å². The van der Waals surface area contributed by atoms with Gasteiger partial charge in [-0.05, 0) is 44.2 Å². The van der Waals surface area contributed by atoms with E-state index in [0.717, 1.165) is 4.47 Å². The van der Waals surface area contributed by atoms with Crippen molar-refractivity contribution in [1.82, 2.24) is 14.6 Å². The molecule has 1 aromatic heterocycles. The molecule has 13 heteroatoms. The van der Waals surface area contributed by atoms with Crippen LogP contribution in [0.4, 0.5) is 0 Å². The van der Waals surface area contributed by atoms with Gasteiger partial charge in [-0.25, -0.2) is 9.36 Å². The Bertz CT molecular complexity index is 1190. The van der Waals surface area contributed by atoms with Crippen LogP contribution in [0.3, 0.4) is 0 Å². The van der Waals surface area contributed by atoms with Gasteiger partial charge in [0.2, 0.25) is 0 Å². The van der Waals surface area contributed by atoms with Gasteiger partial charge in [-0.1, -0.05) is 22.0 Å². The molecule has 4 atom stereocenters. The van der Waals surface area contributed by atoms with E-state index in [1.54, 1.807) is 43.3 Å².